The third-order valence-corrected chi connectivity index (χ3v) is 9.07. The first-order chi connectivity index (χ1) is 17.1. The van der Waals surface area contributed by atoms with E-state index in [0.717, 1.165) is 20.3 Å². The monoisotopic (exact) mass is 513 g/mol. The van der Waals surface area contributed by atoms with E-state index in [1.54, 1.807) is 48.2 Å². The van der Waals surface area contributed by atoms with Gasteiger partial charge in [-0.2, -0.15) is 0 Å². The fourth-order valence-electron chi connectivity index (χ4n) is 4.05. The second-order valence-electron chi connectivity index (χ2n) is 8.81. The van der Waals surface area contributed by atoms with Gasteiger partial charge in [0.15, 0.2) is 0 Å². The van der Waals surface area contributed by atoms with E-state index in [1.807, 2.05) is 25.1 Å². The summed E-state index contributed by atoms with van der Waals surface area (Å²) in [7, 11) is -3.88. The van der Waals surface area contributed by atoms with Gasteiger partial charge in [0, 0.05) is 9.79 Å². The van der Waals surface area contributed by atoms with Crippen LogP contribution in [0.4, 0.5) is 5.69 Å². The molecule has 0 radical (unpaired) electrons. The Hall–Kier alpha value is -3.68. The lowest BCUT2D eigenvalue weighted by Crippen LogP contribution is -2.29. The van der Waals surface area contributed by atoms with E-state index < -0.39 is 21.7 Å². The zero-order chi connectivity index (χ0) is 25.6. The number of hydrogen-bond donors (Lipinski definition) is 0. The summed E-state index contributed by atoms with van der Waals surface area (Å²) in [6.07, 6.45) is 0. The van der Waals surface area contributed by atoms with Crippen molar-refractivity contribution in [3.05, 3.63) is 113 Å². The van der Waals surface area contributed by atoms with Crippen LogP contribution in [0.3, 0.4) is 0 Å². The molecule has 1 heterocycles. The Labute approximate surface area is 214 Å². The molecule has 0 aromatic heterocycles. The average molecular weight is 514 g/mol. The normalized spacial score (nSPS) is 13.2. The highest BCUT2D eigenvalue weighted by atomic mass is 32.2. The molecule has 5 nitrogen and oxygen atoms in total. The van der Waals surface area contributed by atoms with Crippen LogP contribution < -0.4 is 4.90 Å². The van der Waals surface area contributed by atoms with E-state index in [2.05, 4.69) is 26.0 Å². The zero-order valence-electron chi connectivity index (χ0n) is 20.0. The van der Waals surface area contributed by atoms with Gasteiger partial charge in [0.05, 0.1) is 26.6 Å². The molecule has 1 aliphatic heterocycles. The Morgan fingerprint density at radius 2 is 1.22 bits per heavy atom. The molecule has 0 fully saturated rings. The predicted octanol–water partition coefficient (Wildman–Crippen LogP) is 6.40. The molecule has 7 heteroatoms. The first-order valence-electron chi connectivity index (χ1n) is 11.3. The zero-order valence-corrected chi connectivity index (χ0v) is 21.6. The second kappa shape index (κ2) is 9.08. The van der Waals surface area contributed by atoms with Crippen LogP contribution in [-0.4, -0.2) is 20.2 Å². The van der Waals surface area contributed by atoms with Gasteiger partial charge in [-0.15, -0.1) is 0 Å². The fraction of sp³-hybridized carbons (Fsp3) is 0.103. The lowest BCUT2D eigenvalue weighted by Gasteiger charge is -2.13. The molecule has 4 aromatic carbocycles. The molecule has 4 aromatic rings. The number of anilines is 1. The summed E-state index contributed by atoms with van der Waals surface area (Å²) in [4.78, 5) is 29.2. The molecular formula is C29H23NO4S2. The fourth-order valence-corrected chi connectivity index (χ4v) is 6.25. The largest absolute Gasteiger partial charge is 0.268 e. The molecule has 36 heavy (non-hydrogen) atoms. The number of carbonyl (C=O) groups excluding carboxylic acids is 2. The number of imide groups is 1. The van der Waals surface area contributed by atoms with Crippen molar-refractivity contribution in [2.75, 3.05) is 4.90 Å². The van der Waals surface area contributed by atoms with E-state index in [4.69, 9.17) is 0 Å². The molecule has 0 aliphatic carbocycles. The number of aryl methyl sites for hydroxylation is 3. The quantitative estimate of drug-likeness (QED) is 0.289. The van der Waals surface area contributed by atoms with Gasteiger partial charge in [0.25, 0.3) is 11.8 Å². The number of sulfone groups is 1. The smallest absolute Gasteiger partial charge is 0.266 e. The van der Waals surface area contributed by atoms with Gasteiger partial charge in [-0.1, -0.05) is 35.5 Å². The minimum absolute atomic E-state index is 0.0253. The van der Waals surface area contributed by atoms with Crippen LogP contribution in [0.15, 0.2) is 105 Å². The third-order valence-electron chi connectivity index (χ3n) is 6.31. The molecule has 0 N–H and O–H groups in total. The van der Waals surface area contributed by atoms with Gasteiger partial charge in [-0.05, 0) is 98.6 Å². The Balaban J connectivity index is 1.42. The number of nitrogens with zero attached hydrogens (tertiary/aromatic N) is 1. The van der Waals surface area contributed by atoms with Crippen LogP contribution in [0.2, 0.25) is 0 Å². The van der Waals surface area contributed by atoms with Crippen molar-refractivity contribution in [2.24, 2.45) is 0 Å². The minimum atomic E-state index is -3.88. The van der Waals surface area contributed by atoms with E-state index in [1.165, 1.54) is 29.3 Å². The molecule has 5 rings (SSSR count). The summed E-state index contributed by atoms with van der Waals surface area (Å²) < 4.78 is 26.7. The summed E-state index contributed by atoms with van der Waals surface area (Å²) in [5.74, 6) is -0.994. The SMILES string of the molecule is Cc1ccc(N2C(=O)c3ccc(S(=O)(=O)c4ccc(Sc5ccc(C)c(C)c5)cc4)cc3C2=O)cc1. The molecule has 0 atom stereocenters. The molecule has 0 spiro atoms. The van der Waals surface area contributed by atoms with Gasteiger partial charge in [0.2, 0.25) is 9.84 Å². The predicted molar refractivity (Wildman–Crippen MR) is 141 cm³/mol. The van der Waals surface area contributed by atoms with Crippen LogP contribution in [0.1, 0.15) is 37.4 Å². The van der Waals surface area contributed by atoms with Gasteiger partial charge in [-0.25, -0.2) is 13.3 Å². The first-order valence-corrected chi connectivity index (χ1v) is 13.6. The summed E-state index contributed by atoms with van der Waals surface area (Å²) in [5.41, 5.74) is 4.15. The number of carbonyl (C=O) groups is 2. The summed E-state index contributed by atoms with van der Waals surface area (Å²) in [6.45, 7) is 6.04. The number of hydrogen-bond acceptors (Lipinski definition) is 5. The van der Waals surface area contributed by atoms with Crippen molar-refractivity contribution in [2.45, 2.75) is 40.4 Å². The van der Waals surface area contributed by atoms with Gasteiger partial charge < -0.3 is 0 Å². The van der Waals surface area contributed by atoms with E-state index >= 15 is 0 Å². The highest BCUT2D eigenvalue weighted by molar-refractivity contribution is 7.99. The Morgan fingerprint density at radius 1 is 0.611 bits per heavy atom. The lowest BCUT2D eigenvalue weighted by molar-refractivity contribution is 0.0926. The summed E-state index contributed by atoms with van der Waals surface area (Å²) in [5, 5.41) is 0. The molecule has 0 saturated carbocycles. The van der Waals surface area contributed by atoms with Crippen LogP contribution in [0.25, 0.3) is 0 Å². The van der Waals surface area contributed by atoms with Crippen LogP contribution in [0, 0.1) is 20.8 Å². The van der Waals surface area contributed by atoms with Crippen molar-refractivity contribution in [3.8, 4) is 0 Å². The Bertz CT molecular complexity index is 1620. The molecular weight excluding hydrogens is 490 g/mol. The number of fused-ring (bicyclic) bond motifs is 1. The van der Waals surface area contributed by atoms with E-state index in [9.17, 15) is 18.0 Å². The van der Waals surface area contributed by atoms with Crippen molar-refractivity contribution in [1.82, 2.24) is 0 Å². The van der Waals surface area contributed by atoms with Gasteiger partial charge >= 0.3 is 0 Å². The van der Waals surface area contributed by atoms with Crippen LogP contribution in [0.5, 0.6) is 0 Å². The van der Waals surface area contributed by atoms with Crippen molar-refractivity contribution >= 4 is 39.1 Å². The minimum Gasteiger partial charge on any atom is -0.268 e. The Kier molecular flexibility index (Phi) is 6.06. The van der Waals surface area contributed by atoms with Gasteiger partial charge in [-0.3, -0.25) is 9.59 Å². The summed E-state index contributed by atoms with van der Waals surface area (Å²) in [6, 6.07) is 24.0. The molecule has 0 unspecified atom stereocenters. The van der Waals surface area contributed by atoms with Crippen LogP contribution >= 0.6 is 11.8 Å². The maximum absolute atomic E-state index is 13.3. The standard InChI is InChI=1S/C29H23NO4S2/c1-18-4-7-21(8-5-18)30-28(31)26-15-14-25(17-27(26)29(30)32)36(33,34)24-12-10-22(11-13-24)35-23-9-6-19(2)20(3)16-23/h4-17H,1-3H3. The Morgan fingerprint density at radius 3 is 1.89 bits per heavy atom. The lowest BCUT2D eigenvalue weighted by atomic mass is 10.1. The average Bonchev–Trinajstić information content (AvgIpc) is 3.12. The first kappa shape index (κ1) is 24.0. The molecule has 1 aliphatic rings. The number of benzene rings is 4. The van der Waals surface area contributed by atoms with Gasteiger partial charge in [0.1, 0.15) is 0 Å². The molecule has 180 valence electrons. The van der Waals surface area contributed by atoms with E-state index in [-0.39, 0.29) is 20.9 Å². The molecule has 0 bridgehead atoms. The highest BCUT2D eigenvalue weighted by Gasteiger charge is 2.37. The second-order valence-corrected chi connectivity index (χ2v) is 11.9. The number of rotatable bonds is 5. The van der Waals surface area contributed by atoms with Crippen molar-refractivity contribution in [3.63, 3.8) is 0 Å². The topological polar surface area (TPSA) is 71.5 Å². The third kappa shape index (κ3) is 4.25. The maximum atomic E-state index is 13.3. The number of amides is 2. The summed E-state index contributed by atoms with van der Waals surface area (Å²) >= 11 is 1.56. The van der Waals surface area contributed by atoms with Crippen LogP contribution in [-0.2, 0) is 9.84 Å². The van der Waals surface area contributed by atoms with Crippen molar-refractivity contribution < 1.29 is 18.0 Å². The maximum Gasteiger partial charge on any atom is 0.266 e. The highest BCUT2D eigenvalue weighted by Crippen LogP contribution is 2.33. The van der Waals surface area contributed by atoms with E-state index in [0.29, 0.717) is 5.69 Å². The molecule has 2 amide bonds. The van der Waals surface area contributed by atoms with Crippen molar-refractivity contribution in [1.29, 1.82) is 0 Å². The molecule has 0 saturated heterocycles.